The summed E-state index contributed by atoms with van der Waals surface area (Å²) in [5, 5.41) is 6.88. The molecule has 2 aromatic carbocycles. The third-order valence-corrected chi connectivity index (χ3v) is 4.40. The highest BCUT2D eigenvalue weighted by molar-refractivity contribution is 6.30. The Morgan fingerprint density at radius 1 is 1.04 bits per heavy atom. The fourth-order valence-electron chi connectivity index (χ4n) is 2.68. The molecule has 0 fully saturated rings. The number of fused-ring (bicyclic) bond motifs is 1. The zero-order valence-corrected chi connectivity index (χ0v) is 15.7. The Hall–Kier alpha value is -2.99. The average Bonchev–Trinajstić information content (AvgIpc) is 3.01. The largest absolute Gasteiger partial charge is 0.497 e. The molecular formula is C20H19ClN2O4. The number of amides is 2. The number of benzene rings is 2. The Bertz CT molecular complexity index is 980. The molecule has 3 rings (SSSR count). The molecule has 140 valence electrons. The smallest absolute Gasteiger partial charge is 0.287 e. The molecule has 0 aliphatic heterocycles. The summed E-state index contributed by atoms with van der Waals surface area (Å²) in [6, 6.07) is 12.0. The van der Waals surface area contributed by atoms with Crippen LogP contribution in [-0.4, -0.2) is 32.0 Å². The highest BCUT2D eigenvalue weighted by Gasteiger charge is 2.17. The Balaban J connectivity index is 1.56. The molecule has 0 saturated heterocycles. The SMILES string of the molecule is COc1ccc2oc(C(=O)NCCNC(=O)c3ccc(Cl)cc3)c(C)c2c1. The van der Waals surface area contributed by atoms with E-state index in [4.69, 9.17) is 20.8 Å². The normalized spacial score (nSPS) is 10.6. The number of rotatable bonds is 6. The molecule has 1 heterocycles. The number of aryl methyl sites for hydroxylation is 1. The van der Waals surface area contributed by atoms with Crippen LogP contribution < -0.4 is 15.4 Å². The number of hydrogen-bond acceptors (Lipinski definition) is 4. The Kier molecular flexibility index (Phi) is 5.66. The van der Waals surface area contributed by atoms with Crippen LogP contribution in [0, 0.1) is 6.92 Å². The van der Waals surface area contributed by atoms with Gasteiger partial charge in [0.15, 0.2) is 5.76 Å². The van der Waals surface area contributed by atoms with Gasteiger partial charge in [-0.3, -0.25) is 9.59 Å². The second-order valence-electron chi connectivity index (χ2n) is 5.94. The number of hydrogen-bond donors (Lipinski definition) is 2. The van der Waals surface area contributed by atoms with Gasteiger partial charge in [-0.25, -0.2) is 0 Å². The molecule has 0 atom stereocenters. The van der Waals surface area contributed by atoms with Crippen molar-refractivity contribution in [1.29, 1.82) is 0 Å². The van der Waals surface area contributed by atoms with Crippen LogP contribution in [0.1, 0.15) is 26.5 Å². The van der Waals surface area contributed by atoms with Crippen molar-refractivity contribution in [2.75, 3.05) is 20.2 Å². The molecule has 0 aliphatic rings. The van der Waals surface area contributed by atoms with Gasteiger partial charge in [0.1, 0.15) is 11.3 Å². The molecule has 27 heavy (non-hydrogen) atoms. The number of methoxy groups -OCH3 is 1. The summed E-state index contributed by atoms with van der Waals surface area (Å²) in [5.41, 5.74) is 1.87. The molecule has 3 aromatic rings. The van der Waals surface area contributed by atoms with E-state index >= 15 is 0 Å². The maximum absolute atomic E-state index is 12.4. The first kappa shape index (κ1) is 18.8. The summed E-state index contributed by atoms with van der Waals surface area (Å²) in [6.45, 7) is 2.39. The van der Waals surface area contributed by atoms with Gasteiger partial charge in [0.05, 0.1) is 7.11 Å². The molecule has 2 N–H and O–H groups in total. The van der Waals surface area contributed by atoms with E-state index in [-0.39, 0.29) is 24.1 Å². The first-order valence-corrected chi connectivity index (χ1v) is 8.76. The van der Waals surface area contributed by atoms with E-state index in [1.54, 1.807) is 43.5 Å². The van der Waals surface area contributed by atoms with Crippen molar-refractivity contribution < 1.29 is 18.7 Å². The summed E-state index contributed by atoms with van der Waals surface area (Å²) < 4.78 is 10.9. The third kappa shape index (κ3) is 4.23. The maximum atomic E-state index is 12.4. The van der Waals surface area contributed by atoms with E-state index in [1.807, 2.05) is 13.0 Å². The molecule has 0 radical (unpaired) electrons. The number of ether oxygens (including phenoxy) is 1. The summed E-state index contributed by atoms with van der Waals surface area (Å²) in [6.07, 6.45) is 0. The van der Waals surface area contributed by atoms with Gasteiger partial charge in [-0.15, -0.1) is 0 Å². The van der Waals surface area contributed by atoms with Crippen LogP contribution in [0.3, 0.4) is 0 Å². The quantitative estimate of drug-likeness (QED) is 0.635. The summed E-state index contributed by atoms with van der Waals surface area (Å²) >= 11 is 5.80. The predicted octanol–water partition coefficient (Wildman–Crippen LogP) is 3.56. The zero-order valence-electron chi connectivity index (χ0n) is 15.0. The monoisotopic (exact) mass is 386 g/mol. The van der Waals surface area contributed by atoms with Gasteiger partial charge in [0.25, 0.3) is 11.8 Å². The lowest BCUT2D eigenvalue weighted by molar-refractivity contribution is 0.0911. The predicted molar refractivity (Wildman–Crippen MR) is 104 cm³/mol. The van der Waals surface area contributed by atoms with Crippen molar-refractivity contribution in [2.24, 2.45) is 0 Å². The van der Waals surface area contributed by atoms with E-state index < -0.39 is 0 Å². The van der Waals surface area contributed by atoms with Crippen molar-refractivity contribution in [1.82, 2.24) is 10.6 Å². The van der Waals surface area contributed by atoms with Gasteiger partial charge < -0.3 is 19.8 Å². The molecule has 1 aromatic heterocycles. The second-order valence-corrected chi connectivity index (χ2v) is 6.37. The first-order valence-electron chi connectivity index (χ1n) is 8.38. The minimum absolute atomic E-state index is 0.229. The van der Waals surface area contributed by atoms with Gasteiger partial charge in [-0.1, -0.05) is 11.6 Å². The standard InChI is InChI=1S/C20H19ClN2O4/c1-12-16-11-15(26-2)7-8-17(16)27-18(12)20(25)23-10-9-22-19(24)13-3-5-14(21)6-4-13/h3-8,11H,9-10H2,1-2H3,(H,22,24)(H,23,25). The summed E-state index contributed by atoms with van der Waals surface area (Å²) in [7, 11) is 1.59. The summed E-state index contributed by atoms with van der Waals surface area (Å²) in [5.74, 6) is 0.391. The topological polar surface area (TPSA) is 80.6 Å². The molecule has 7 heteroatoms. The molecule has 2 amide bonds. The second kappa shape index (κ2) is 8.14. The Labute approximate surface area is 161 Å². The van der Waals surface area contributed by atoms with Crippen LogP contribution in [0.2, 0.25) is 5.02 Å². The lowest BCUT2D eigenvalue weighted by Gasteiger charge is -2.06. The molecule has 6 nitrogen and oxygen atoms in total. The van der Waals surface area contributed by atoms with Crippen molar-refractivity contribution in [3.63, 3.8) is 0 Å². The van der Waals surface area contributed by atoms with Crippen molar-refractivity contribution in [3.05, 3.63) is 64.4 Å². The van der Waals surface area contributed by atoms with E-state index in [0.717, 1.165) is 10.9 Å². The molecule has 0 unspecified atom stereocenters. The van der Waals surface area contributed by atoms with E-state index in [2.05, 4.69) is 10.6 Å². The number of furan rings is 1. The van der Waals surface area contributed by atoms with Gasteiger partial charge in [0, 0.05) is 34.6 Å². The van der Waals surface area contributed by atoms with Crippen molar-refractivity contribution in [3.8, 4) is 5.75 Å². The Morgan fingerprint density at radius 2 is 1.70 bits per heavy atom. The lowest BCUT2D eigenvalue weighted by Crippen LogP contribution is -2.34. The van der Waals surface area contributed by atoms with Crippen molar-refractivity contribution in [2.45, 2.75) is 6.92 Å². The van der Waals surface area contributed by atoms with E-state index in [9.17, 15) is 9.59 Å². The number of halogens is 1. The minimum atomic E-state index is -0.330. The molecular weight excluding hydrogens is 368 g/mol. The number of carbonyl (C=O) groups is 2. The first-order chi connectivity index (χ1) is 13.0. The third-order valence-electron chi connectivity index (χ3n) is 4.15. The minimum Gasteiger partial charge on any atom is -0.497 e. The molecule has 0 aliphatic carbocycles. The van der Waals surface area contributed by atoms with Gasteiger partial charge in [0.2, 0.25) is 0 Å². The fraction of sp³-hybridized carbons (Fsp3) is 0.200. The number of carbonyl (C=O) groups excluding carboxylic acids is 2. The molecule has 0 bridgehead atoms. The average molecular weight is 387 g/mol. The lowest BCUT2D eigenvalue weighted by atomic mass is 10.1. The van der Waals surface area contributed by atoms with Crippen LogP contribution in [0.15, 0.2) is 46.9 Å². The molecule has 0 saturated carbocycles. The van der Waals surface area contributed by atoms with Gasteiger partial charge in [-0.05, 0) is 49.4 Å². The van der Waals surface area contributed by atoms with E-state index in [0.29, 0.717) is 28.5 Å². The maximum Gasteiger partial charge on any atom is 0.287 e. The highest BCUT2D eigenvalue weighted by atomic mass is 35.5. The zero-order chi connectivity index (χ0) is 19.4. The summed E-state index contributed by atoms with van der Waals surface area (Å²) in [4.78, 5) is 24.4. The fourth-order valence-corrected chi connectivity index (χ4v) is 2.81. The molecule has 0 spiro atoms. The van der Waals surface area contributed by atoms with Crippen LogP contribution >= 0.6 is 11.6 Å². The number of nitrogens with one attached hydrogen (secondary N) is 2. The van der Waals surface area contributed by atoms with E-state index in [1.165, 1.54) is 0 Å². The van der Waals surface area contributed by atoms with Crippen LogP contribution in [0.25, 0.3) is 11.0 Å². The van der Waals surface area contributed by atoms with Gasteiger partial charge in [-0.2, -0.15) is 0 Å². The van der Waals surface area contributed by atoms with Crippen LogP contribution in [0.5, 0.6) is 5.75 Å². The van der Waals surface area contributed by atoms with Crippen LogP contribution in [0.4, 0.5) is 0 Å². The Morgan fingerprint density at radius 3 is 2.37 bits per heavy atom. The van der Waals surface area contributed by atoms with Crippen molar-refractivity contribution >= 4 is 34.4 Å². The van der Waals surface area contributed by atoms with Crippen LogP contribution in [-0.2, 0) is 0 Å². The van der Waals surface area contributed by atoms with Gasteiger partial charge >= 0.3 is 0 Å². The highest BCUT2D eigenvalue weighted by Crippen LogP contribution is 2.28.